The maximum Gasteiger partial charge on any atom is 0.240 e. The molecule has 0 aliphatic rings. The third kappa shape index (κ3) is 2.87. The molecule has 2 rings (SSSR count). The molecule has 0 radical (unpaired) electrons. The molecule has 0 amide bonds. The summed E-state index contributed by atoms with van der Waals surface area (Å²) in [6.45, 7) is 0.938. The Hall–Kier alpha value is -2.32. The highest BCUT2D eigenvalue weighted by Crippen LogP contribution is 2.19. The van der Waals surface area contributed by atoms with Gasteiger partial charge in [-0.2, -0.15) is 4.98 Å². The molecule has 0 bridgehead atoms. The first-order valence-corrected chi connectivity index (χ1v) is 5.44. The van der Waals surface area contributed by atoms with E-state index in [1.807, 2.05) is 24.3 Å². The summed E-state index contributed by atoms with van der Waals surface area (Å²) in [5.74, 6) is 4.33. The summed E-state index contributed by atoms with van der Waals surface area (Å²) in [7, 11) is 1.62. The minimum absolute atomic E-state index is 0.466. The van der Waals surface area contributed by atoms with Gasteiger partial charge in [0, 0.05) is 5.56 Å². The summed E-state index contributed by atoms with van der Waals surface area (Å²) in [4.78, 5) is 4.26. The van der Waals surface area contributed by atoms with Crippen molar-refractivity contribution < 1.29 is 9.26 Å². The molecule has 0 saturated carbocycles. The van der Waals surface area contributed by atoms with E-state index in [2.05, 4.69) is 21.4 Å². The number of terminal acetylenes is 1. The van der Waals surface area contributed by atoms with Crippen LogP contribution in [0.4, 0.5) is 0 Å². The zero-order valence-corrected chi connectivity index (χ0v) is 10.0. The third-order valence-electron chi connectivity index (χ3n) is 2.32. The molecule has 2 aromatic rings. The predicted octanol–water partition coefficient (Wildman–Crippen LogP) is 1.47. The molecule has 18 heavy (non-hydrogen) atoms. The minimum atomic E-state index is 0.466. The van der Waals surface area contributed by atoms with Crippen LogP contribution in [-0.4, -0.2) is 23.8 Å². The van der Waals surface area contributed by atoms with Crippen molar-refractivity contribution >= 4 is 0 Å². The van der Waals surface area contributed by atoms with E-state index in [0.29, 0.717) is 24.8 Å². The highest BCUT2D eigenvalue weighted by Gasteiger charge is 2.07. The van der Waals surface area contributed by atoms with Crippen LogP contribution in [0.2, 0.25) is 0 Å². The molecule has 0 fully saturated rings. The third-order valence-corrected chi connectivity index (χ3v) is 2.32. The van der Waals surface area contributed by atoms with Gasteiger partial charge in [-0.05, 0) is 24.3 Å². The molecule has 1 aromatic heterocycles. The molecule has 1 heterocycles. The van der Waals surface area contributed by atoms with Crippen LogP contribution in [0, 0.1) is 12.3 Å². The summed E-state index contributed by atoms with van der Waals surface area (Å²) in [6, 6.07) is 7.45. The van der Waals surface area contributed by atoms with Crippen LogP contribution in [0.1, 0.15) is 5.89 Å². The molecule has 0 spiro atoms. The first-order chi connectivity index (χ1) is 8.83. The summed E-state index contributed by atoms with van der Waals surface area (Å²) in [5, 5.41) is 6.88. The van der Waals surface area contributed by atoms with Gasteiger partial charge < -0.3 is 9.26 Å². The lowest BCUT2D eigenvalue weighted by Crippen LogP contribution is -2.13. The highest BCUT2D eigenvalue weighted by atomic mass is 16.5. The molecule has 0 aliphatic heterocycles. The molecule has 1 aromatic carbocycles. The molecule has 5 nitrogen and oxygen atoms in total. The van der Waals surface area contributed by atoms with Gasteiger partial charge in [0.1, 0.15) is 5.75 Å². The topological polar surface area (TPSA) is 60.2 Å². The average Bonchev–Trinajstić information content (AvgIpc) is 2.88. The molecule has 5 heteroatoms. The molecular weight excluding hydrogens is 230 g/mol. The molecule has 92 valence electrons. The van der Waals surface area contributed by atoms with E-state index in [4.69, 9.17) is 15.7 Å². The van der Waals surface area contributed by atoms with Gasteiger partial charge in [0.2, 0.25) is 11.7 Å². The van der Waals surface area contributed by atoms with Crippen molar-refractivity contribution in [3.8, 4) is 29.5 Å². The van der Waals surface area contributed by atoms with Crippen molar-refractivity contribution in [2.24, 2.45) is 0 Å². The van der Waals surface area contributed by atoms with Gasteiger partial charge >= 0.3 is 0 Å². The van der Waals surface area contributed by atoms with E-state index < -0.39 is 0 Å². The largest absolute Gasteiger partial charge is 0.497 e. The van der Waals surface area contributed by atoms with Crippen molar-refractivity contribution in [2.45, 2.75) is 6.54 Å². The van der Waals surface area contributed by atoms with Crippen LogP contribution in [0.25, 0.3) is 11.4 Å². The average molecular weight is 243 g/mol. The monoisotopic (exact) mass is 243 g/mol. The Kier molecular flexibility index (Phi) is 3.94. The Morgan fingerprint density at radius 1 is 1.39 bits per heavy atom. The van der Waals surface area contributed by atoms with Crippen LogP contribution in [0.15, 0.2) is 28.8 Å². The van der Waals surface area contributed by atoms with E-state index in [9.17, 15) is 0 Å². The number of hydrogen-bond acceptors (Lipinski definition) is 5. The summed E-state index contributed by atoms with van der Waals surface area (Å²) >= 11 is 0. The van der Waals surface area contributed by atoms with Crippen molar-refractivity contribution in [2.75, 3.05) is 13.7 Å². The number of aromatic nitrogens is 2. The molecule has 0 unspecified atom stereocenters. The zero-order valence-electron chi connectivity index (χ0n) is 10.0. The van der Waals surface area contributed by atoms with Gasteiger partial charge in [0.15, 0.2) is 0 Å². The van der Waals surface area contributed by atoms with Crippen molar-refractivity contribution in [1.82, 2.24) is 15.5 Å². The fraction of sp³-hybridized carbons (Fsp3) is 0.231. The Morgan fingerprint density at radius 2 is 2.17 bits per heavy atom. The number of nitrogens with zero attached hydrogens (tertiary/aromatic N) is 2. The van der Waals surface area contributed by atoms with E-state index in [-0.39, 0.29) is 0 Å². The Bertz CT molecular complexity index is 540. The maximum atomic E-state index is 5.13. The summed E-state index contributed by atoms with van der Waals surface area (Å²) in [5.41, 5.74) is 0.878. The molecule has 0 saturated heterocycles. The first kappa shape index (κ1) is 12.1. The number of methoxy groups -OCH3 is 1. The van der Waals surface area contributed by atoms with Gasteiger partial charge in [-0.3, -0.25) is 5.32 Å². The van der Waals surface area contributed by atoms with Crippen LogP contribution >= 0.6 is 0 Å². The minimum Gasteiger partial charge on any atom is -0.497 e. The number of benzene rings is 1. The highest BCUT2D eigenvalue weighted by molar-refractivity contribution is 5.55. The van der Waals surface area contributed by atoms with Crippen LogP contribution < -0.4 is 10.1 Å². The van der Waals surface area contributed by atoms with Crippen LogP contribution in [-0.2, 0) is 6.54 Å². The van der Waals surface area contributed by atoms with Crippen LogP contribution in [0.3, 0.4) is 0 Å². The van der Waals surface area contributed by atoms with Gasteiger partial charge in [-0.15, -0.1) is 6.42 Å². The Labute approximate surface area is 105 Å². The number of hydrogen-bond donors (Lipinski definition) is 1. The summed E-state index contributed by atoms with van der Waals surface area (Å²) < 4.78 is 10.2. The quantitative estimate of drug-likeness (QED) is 0.636. The second-order valence-corrected chi connectivity index (χ2v) is 3.55. The first-order valence-electron chi connectivity index (χ1n) is 5.44. The normalized spacial score (nSPS) is 10.0. The van der Waals surface area contributed by atoms with Gasteiger partial charge in [0.25, 0.3) is 0 Å². The SMILES string of the molecule is C#CCNCc1nc(-c2ccc(OC)cc2)no1. The molecule has 0 atom stereocenters. The fourth-order valence-electron chi connectivity index (χ4n) is 1.43. The molecular formula is C13H13N3O2. The smallest absolute Gasteiger partial charge is 0.240 e. The van der Waals surface area contributed by atoms with E-state index in [1.54, 1.807) is 7.11 Å². The lowest BCUT2D eigenvalue weighted by molar-refractivity contribution is 0.370. The van der Waals surface area contributed by atoms with Gasteiger partial charge in [-0.1, -0.05) is 11.1 Å². The maximum absolute atomic E-state index is 5.13. The number of rotatable bonds is 5. The second-order valence-electron chi connectivity index (χ2n) is 3.55. The van der Waals surface area contributed by atoms with E-state index in [0.717, 1.165) is 11.3 Å². The zero-order chi connectivity index (χ0) is 12.8. The van der Waals surface area contributed by atoms with E-state index in [1.165, 1.54) is 0 Å². The van der Waals surface area contributed by atoms with Crippen LogP contribution in [0.5, 0.6) is 5.75 Å². The lowest BCUT2D eigenvalue weighted by Gasteiger charge is -1.98. The Balaban J connectivity index is 2.06. The van der Waals surface area contributed by atoms with Gasteiger partial charge in [-0.25, -0.2) is 0 Å². The van der Waals surface area contributed by atoms with Crippen molar-refractivity contribution in [3.05, 3.63) is 30.2 Å². The number of nitrogens with one attached hydrogen (secondary N) is 1. The summed E-state index contributed by atoms with van der Waals surface area (Å²) in [6.07, 6.45) is 5.13. The lowest BCUT2D eigenvalue weighted by atomic mass is 10.2. The van der Waals surface area contributed by atoms with Crippen molar-refractivity contribution in [1.29, 1.82) is 0 Å². The standard InChI is InChI=1S/C13H13N3O2/c1-3-8-14-9-12-15-13(16-18-12)10-4-6-11(17-2)7-5-10/h1,4-7,14H,8-9H2,2H3. The van der Waals surface area contributed by atoms with Gasteiger partial charge in [0.05, 0.1) is 20.2 Å². The second kappa shape index (κ2) is 5.84. The predicted molar refractivity (Wildman–Crippen MR) is 66.8 cm³/mol. The molecule has 0 aliphatic carbocycles. The Morgan fingerprint density at radius 3 is 2.83 bits per heavy atom. The van der Waals surface area contributed by atoms with E-state index >= 15 is 0 Å². The number of ether oxygens (including phenoxy) is 1. The van der Waals surface area contributed by atoms with Crippen molar-refractivity contribution in [3.63, 3.8) is 0 Å². The fourth-order valence-corrected chi connectivity index (χ4v) is 1.43. The molecule has 1 N–H and O–H groups in total.